The van der Waals surface area contributed by atoms with E-state index < -0.39 is 0 Å². The monoisotopic (exact) mass is 639 g/mol. The lowest BCUT2D eigenvalue weighted by Crippen LogP contribution is -2.23. The second-order valence-electron chi connectivity index (χ2n) is 12.3. The Bertz CT molecular complexity index is 2280. The molecule has 3 N–H and O–H groups in total. The van der Waals surface area contributed by atoms with Gasteiger partial charge in [-0.1, -0.05) is 30.3 Å². The van der Waals surface area contributed by atoms with E-state index in [1.54, 1.807) is 24.0 Å². The van der Waals surface area contributed by atoms with Gasteiger partial charge >= 0.3 is 0 Å². The number of pyridine rings is 3. The predicted octanol–water partition coefficient (Wildman–Crippen LogP) is 5.83. The molecule has 48 heavy (non-hydrogen) atoms. The number of furan rings is 1. The van der Waals surface area contributed by atoms with Crippen molar-refractivity contribution in [2.45, 2.75) is 39.5 Å². The lowest BCUT2D eigenvalue weighted by Gasteiger charge is -2.17. The van der Waals surface area contributed by atoms with E-state index >= 15 is 0 Å². The van der Waals surface area contributed by atoms with E-state index in [1.165, 1.54) is 0 Å². The Kier molecular flexibility index (Phi) is 8.50. The topological polar surface area (TPSA) is 136 Å². The van der Waals surface area contributed by atoms with Crippen LogP contribution in [-0.2, 0) is 13.1 Å². The molecule has 2 aromatic carbocycles. The lowest BCUT2D eigenvalue weighted by molar-refractivity contribution is 0.175. The SMILES string of the molecule is C/N=c1/c2cc(-c3cccc(-c4cccc(Nc5nccc6cc(CN7CC[C@@H](O)C7)cnc56)c4C)c3C)oc2c(C#N)cn1CCO. The average molecular weight is 640 g/mol. The van der Waals surface area contributed by atoms with Crippen LogP contribution in [0.2, 0.25) is 0 Å². The van der Waals surface area contributed by atoms with Gasteiger partial charge in [-0.25, -0.2) is 4.98 Å². The summed E-state index contributed by atoms with van der Waals surface area (Å²) in [6.07, 6.45) is 5.95. The van der Waals surface area contributed by atoms with Crippen molar-refractivity contribution < 1.29 is 14.6 Å². The van der Waals surface area contributed by atoms with E-state index in [-0.39, 0.29) is 12.7 Å². The van der Waals surface area contributed by atoms with Crippen molar-refractivity contribution in [3.8, 4) is 28.5 Å². The Hall–Kier alpha value is -5.34. The number of β-amino-alcohol motifs (C(OH)–C–C–N with tert-alkyl or cyclic N) is 1. The highest BCUT2D eigenvalue weighted by Crippen LogP contribution is 2.38. The van der Waals surface area contributed by atoms with Crippen molar-refractivity contribution in [1.82, 2.24) is 19.4 Å². The summed E-state index contributed by atoms with van der Waals surface area (Å²) in [4.78, 5) is 16.2. The van der Waals surface area contributed by atoms with Gasteiger partial charge < -0.3 is 24.5 Å². The fourth-order valence-corrected chi connectivity index (χ4v) is 6.81. The van der Waals surface area contributed by atoms with Gasteiger partial charge in [-0.3, -0.25) is 14.9 Å². The summed E-state index contributed by atoms with van der Waals surface area (Å²) in [6.45, 7) is 6.78. The molecule has 0 bridgehead atoms. The van der Waals surface area contributed by atoms with Crippen molar-refractivity contribution in [1.29, 1.82) is 5.26 Å². The van der Waals surface area contributed by atoms with E-state index in [0.29, 0.717) is 41.3 Å². The Morgan fingerprint density at radius 2 is 1.85 bits per heavy atom. The number of hydrogen-bond donors (Lipinski definition) is 3. The van der Waals surface area contributed by atoms with Gasteiger partial charge in [-0.2, -0.15) is 5.26 Å². The normalized spacial score (nSPS) is 15.4. The summed E-state index contributed by atoms with van der Waals surface area (Å²) in [7, 11) is 1.69. The maximum Gasteiger partial charge on any atom is 0.157 e. The molecule has 5 heterocycles. The Morgan fingerprint density at radius 1 is 1.06 bits per heavy atom. The van der Waals surface area contributed by atoms with Crippen LogP contribution in [0.3, 0.4) is 0 Å². The number of benzene rings is 2. The lowest BCUT2D eigenvalue weighted by atomic mass is 9.92. The fourth-order valence-electron chi connectivity index (χ4n) is 6.81. The highest BCUT2D eigenvalue weighted by molar-refractivity contribution is 5.92. The molecule has 242 valence electrons. The second kappa shape index (κ2) is 13.0. The van der Waals surface area contributed by atoms with E-state index in [4.69, 9.17) is 9.40 Å². The second-order valence-corrected chi connectivity index (χ2v) is 12.3. The number of fused-ring (bicyclic) bond motifs is 2. The molecule has 0 aliphatic carbocycles. The summed E-state index contributed by atoms with van der Waals surface area (Å²) in [5, 5.41) is 34.6. The average Bonchev–Trinajstić information content (AvgIpc) is 3.72. The molecule has 1 saturated heterocycles. The maximum absolute atomic E-state index is 9.91. The van der Waals surface area contributed by atoms with Gasteiger partial charge in [0.05, 0.1) is 18.1 Å². The van der Waals surface area contributed by atoms with Crippen LogP contribution < -0.4 is 10.8 Å². The Morgan fingerprint density at radius 3 is 2.60 bits per heavy atom. The van der Waals surface area contributed by atoms with Crippen LogP contribution in [0.25, 0.3) is 44.3 Å². The van der Waals surface area contributed by atoms with Gasteiger partial charge in [0.25, 0.3) is 0 Å². The van der Waals surface area contributed by atoms with Crippen molar-refractivity contribution >= 4 is 33.4 Å². The minimum atomic E-state index is -0.248. The molecule has 0 amide bonds. The van der Waals surface area contributed by atoms with E-state index in [0.717, 1.165) is 74.9 Å². The van der Waals surface area contributed by atoms with Gasteiger partial charge in [0, 0.05) is 68.5 Å². The number of nitrogens with one attached hydrogen (secondary N) is 1. The zero-order valence-electron chi connectivity index (χ0n) is 27.2. The van der Waals surface area contributed by atoms with Crippen molar-refractivity contribution in [3.05, 3.63) is 101 Å². The van der Waals surface area contributed by atoms with Crippen LogP contribution in [0, 0.1) is 25.2 Å². The van der Waals surface area contributed by atoms with E-state index in [9.17, 15) is 15.5 Å². The first-order chi connectivity index (χ1) is 23.4. The predicted molar refractivity (Wildman–Crippen MR) is 187 cm³/mol. The third kappa shape index (κ3) is 5.73. The van der Waals surface area contributed by atoms with Gasteiger partial charge in [-0.15, -0.1) is 0 Å². The molecule has 0 spiro atoms. The molecule has 1 aliphatic heterocycles. The summed E-state index contributed by atoms with van der Waals surface area (Å²) in [5.41, 5.74) is 9.51. The molecule has 10 heteroatoms. The number of rotatable bonds is 8. The molecule has 1 aliphatic rings. The van der Waals surface area contributed by atoms with Crippen LogP contribution in [0.4, 0.5) is 11.5 Å². The molecular weight excluding hydrogens is 602 g/mol. The van der Waals surface area contributed by atoms with Gasteiger partial charge in [0.15, 0.2) is 11.4 Å². The Balaban J connectivity index is 1.23. The minimum Gasteiger partial charge on any atom is -0.454 e. The van der Waals surface area contributed by atoms with Crippen molar-refractivity contribution in [2.24, 2.45) is 4.99 Å². The first-order valence-electron chi connectivity index (χ1n) is 16.1. The Labute approximate surface area is 278 Å². The number of anilines is 2. The van der Waals surface area contributed by atoms with Crippen molar-refractivity contribution in [2.75, 3.05) is 32.1 Å². The smallest absolute Gasteiger partial charge is 0.157 e. The molecular formula is C38H37N7O3. The van der Waals surface area contributed by atoms with Gasteiger partial charge in [-0.05, 0) is 72.4 Å². The number of likely N-dealkylation sites (tertiary alicyclic amines) is 1. The molecule has 10 nitrogen and oxygen atoms in total. The number of hydrogen-bond acceptors (Lipinski definition) is 9. The molecule has 4 aromatic heterocycles. The first-order valence-corrected chi connectivity index (χ1v) is 16.1. The van der Waals surface area contributed by atoms with Gasteiger partial charge in [0.2, 0.25) is 0 Å². The molecule has 0 radical (unpaired) electrons. The largest absolute Gasteiger partial charge is 0.454 e. The van der Waals surface area contributed by atoms with Crippen LogP contribution in [0.15, 0.2) is 82.6 Å². The summed E-state index contributed by atoms with van der Waals surface area (Å²) < 4.78 is 8.13. The third-order valence-corrected chi connectivity index (χ3v) is 9.23. The number of aliphatic hydroxyl groups excluding tert-OH is 2. The first kappa shape index (κ1) is 31.3. The molecule has 6 aromatic rings. The van der Waals surface area contributed by atoms with Crippen LogP contribution >= 0.6 is 0 Å². The summed E-state index contributed by atoms with van der Waals surface area (Å²) in [6, 6.07) is 20.6. The molecule has 0 unspecified atom stereocenters. The number of aromatic nitrogens is 3. The maximum atomic E-state index is 9.91. The summed E-state index contributed by atoms with van der Waals surface area (Å²) >= 11 is 0. The molecule has 1 fully saturated rings. The number of aliphatic hydroxyl groups is 2. The zero-order valence-corrected chi connectivity index (χ0v) is 27.2. The van der Waals surface area contributed by atoms with E-state index in [2.05, 4.69) is 58.3 Å². The highest BCUT2D eigenvalue weighted by atomic mass is 16.3. The fraction of sp³-hybridized carbons (Fsp3) is 0.263. The van der Waals surface area contributed by atoms with Crippen LogP contribution in [0.1, 0.15) is 28.7 Å². The zero-order chi connectivity index (χ0) is 33.4. The summed E-state index contributed by atoms with van der Waals surface area (Å²) in [5.74, 6) is 1.33. The van der Waals surface area contributed by atoms with Gasteiger partial charge in [0.1, 0.15) is 28.4 Å². The quantitative estimate of drug-likeness (QED) is 0.189. The van der Waals surface area contributed by atoms with Crippen LogP contribution in [0.5, 0.6) is 0 Å². The standard InChI is InChI=1S/C38H37N7O3/c1-23-29(6-4-8-31(23)34-17-32-36(48-34)27(18-39)21-45(14-15-46)38(32)40-3)30-7-5-9-33(24(30)2)43-37-35-26(10-12-41-37)16-25(19-42-35)20-44-13-11-28(47)22-44/h4-10,12,16-17,19,21,28,46-47H,11,13-15,20,22H2,1-3H3,(H,41,43)/b40-38-/t28-/m1/s1. The van der Waals surface area contributed by atoms with Crippen molar-refractivity contribution in [3.63, 3.8) is 0 Å². The van der Waals surface area contributed by atoms with E-state index in [1.807, 2.05) is 42.6 Å². The van der Waals surface area contributed by atoms with Crippen LogP contribution in [-0.4, -0.2) is 62.5 Å². The third-order valence-electron chi connectivity index (χ3n) is 9.23. The highest BCUT2D eigenvalue weighted by Gasteiger charge is 2.21. The number of nitrogens with zero attached hydrogens (tertiary/aromatic N) is 6. The number of nitriles is 1. The minimum absolute atomic E-state index is 0.0675. The molecule has 1 atom stereocenters. The molecule has 0 saturated carbocycles. The molecule has 7 rings (SSSR count).